The molecule has 2 aromatic rings. The molecule has 1 N–H and O–H groups in total. The molecule has 4 rings (SSSR count). The molecule has 5 nitrogen and oxygen atoms in total. The van der Waals surface area contributed by atoms with Gasteiger partial charge in [-0.1, -0.05) is 54.6 Å². The van der Waals surface area contributed by atoms with Crippen LogP contribution in [0.4, 0.5) is 0 Å². The minimum absolute atomic E-state index is 0.0363. The first kappa shape index (κ1) is 25.9. The average Bonchev–Trinajstić information content (AvgIpc) is 3.00. The smallest absolute Gasteiger partial charge is 0.399 e. The van der Waals surface area contributed by atoms with Crippen LogP contribution in [0.3, 0.4) is 0 Å². The van der Waals surface area contributed by atoms with Crippen LogP contribution in [0.5, 0.6) is 0 Å². The molecule has 35 heavy (non-hydrogen) atoms. The minimum Gasteiger partial charge on any atom is -0.399 e. The number of carbonyl (C=O) groups excluding carboxylic acids is 1. The monoisotopic (exact) mass is 477 g/mol. The van der Waals surface area contributed by atoms with Crippen molar-refractivity contribution >= 4 is 18.5 Å². The lowest BCUT2D eigenvalue weighted by molar-refractivity contribution is -0.139. The second-order valence-corrected chi connectivity index (χ2v) is 12.1. The van der Waals surface area contributed by atoms with Gasteiger partial charge < -0.3 is 19.3 Å². The second kappa shape index (κ2) is 9.06. The summed E-state index contributed by atoms with van der Waals surface area (Å²) in [6.07, 6.45) is 1.78. The Morgan fingerprint density at radius 3 is 2.09 bits per heavy atom. The third-order valence-corrected chi connectivity index (χ3v) is 8.21. The van der Waals surface area contributed by atoms with E-state index in [4.69, 9.17) is 9.31 Å². The maximum atomic E-state index is 13.5. The third-order valence-electron chi connectivity index (χ3n) is 8.21. The van der Waals surface area contributed by atoms with Crippen LogP contribution in [0.1, 0.15) is 84.9 Å². The molecule has 1 unspecified atom stereocenters. The predicted molar refractivity (Wildman–Crippen MR) is 141 cm³/mol. The highest BCUT2D eigenvalue weighted by atomic mass is 16.7. The van der Waals surface area contributed by atoms with Crippen molar-refractivity contribution in [2.45, 2.75) is 96.0 Å². The van der Waals surface area contributed by atoms with Gasteiger partial charge in [-0.05, 0) is 77.9 Å². The van der Waals surface area contributed by atoms with Crippen molar-refractivity contribution in [2.75, 3.05) is 6.54 Å². The zero-order chi connectivity index (χ0) is 25.6. The topological polar surface area (TPSA) is 59.0 Å². The lowest BCUT2D eigenvalue weighted by atomic mass is 9.66. The largest absolute Gasteiger partial charge is 0.494 e. The van der Waals surface area contributed by atoms with E-state index in [1.54, 1.807) is 0 Å². The van der Waals surface area contributed by atoms with Gasteiger partial charge in [0.2, 0.25) is 5.91 Å². The van der Waals surface area contributed by atoms with E-state index in [0.29, 0.717) is 19.4 Å². The summed E-state index contributed by atoms with van der Waals surface area (Å²) in [5.74, 6) is 0.131. The minimum atomic E-state index is -0.854. The van der Waals surface area contributed by atoms with Crippen molar-refractivity contribution in [1.29, 1.82) is 0 Å². The molecule has 2 aliphatic rings. The predicted octanol–water partition coefficient (Wildman–Crippen LogP) is 4.77. The highest BCUT2D eigenvalue weighted by Gasteiger charge is 2.51. The van der Waals surface area contributed by atoms with Crippen molar-refractivity contribution in [3.63, 3.8) is 0 Å². The van der Waals surface area contributed by atoms with Crippen molar-refractivity contribution in [2.24, 2.45) is 0 Å². The number of aliphatic hydroxyl groups is 1. The molecule has 2 fully saturated rings. The first-order valence-corrected chi connectivity index (χ1v) is 12.8. The number of hydrogen-bond acceptors (Lipinski definition) is 4. The molecule has 0 saturated carbocycles. The van der Waals surface area contributed by atoms with Crippen LogP contribution >= 0.6 is 0 Å². The zero-order valence-electron chi connectivity index (χ0n) is 22.3. The van der Waals surface area contributed by atoms with Gasteiger partial charge in [-0.25, -0.2) is 0 Å². The summed E-state index contributed by atoms with van der Waals surface area (Å²) in [6, 6.07) is 18.4. The first-order valence-electron chi connectivity index (χ1n) is 12.8. The molecule has 0 radical (unpaired) electrons. The van der Waals surface area contributed by atoms with Gasteiger partial charge in [-0.15, -0.1) is 0 Å². The summed E-state index contributed by atoms with van der Waals surface area (Å²) < 4.78 is 12.4. The maximum absolute atomic E-state index is 13.5. The van der Waals surface area contributed by atoms with Gasteiger partial charge in [0.05, 0.1) is 22.8 Å². The van der Waals surface area contributed by atoms with Crippen LogP contribution in [-0.2, 0) is 19.5 Å². The van der Waals surface area contributed by atoms with E-state index in [1.807, 2.05) is 49.1 Å². The second-order valence-electron chi connectivity index (χ2n) is 12.1. The Hall–Kier alpha value is -2.15. The van der Waals surface area contributed by atoms with Gasteiger partial charge in [0.15, 0.2) is 0 Å². The van der Waals surface area contributed by atoms with Crippen LogP contribution in [0.15, 0.2) is 54.6 Å². The molecule has 0 aromatic heterocycles. The van der Waals surface area contributed by atoms with E-state index in [1.165, 1.54) is 0 Å². The summed E-state index contributed by atoms with van der Waals surface area (Å²) in [6.45, 7) is 14.6. The Morgan fingerprint density at radius 1 is 1.00 bits per heavy atom. The third kappa shape index (κ3) is 5.21. The van der Waals surface area contributed by atoms with E-state index in [0.717, 1.165) is 23.0 Å². The normalized spacial score (nSPS) is 25.1. The average molecular weight is 477 g/mol. The number of rotatable bonds is 6. The summed E-state index contributed by atoms with van der Waals surface area (Å²) in [7, 11) is -0.394. The zero-order valence-corrected chi connectivity index (χ0v) is 22.3. The Morgan fingerprint density at radius 2 is 1.57 bits per heavy atom. The van der Waals surface area contributed by atoms with E-state index in [2.05, 4.69) is 58.9 Å². The van der Waals surface area contributed by atoms with Crippen LogP contribution in [-0.4, -0.2) is 46.4 Å². The summed E-state index contributed by atoms with van der Waals surface area (Å²) >= 11 is 0. The molecule has 0 bridgehead atoms. The van der Waals surface area contributed by atoms with Gasteiger partial charge in [-0.3, -0.25) is 4.79 Å². The maximum Gasteiger partial charge on any atom is 0.494 e. The molecule has 2 heterocycles. The van der Waals surface area contributed by atoms with Crippen molar-refractivity contribution in [3.05, 3.63) is 65.7 Å². The Bertz CT molecular complexity index is 1030. The van der Waals surface area contributed by atoms with Gasteiger partial charge in [0.1, 0.15) is 0 Å². The quantitative estimate of drug-likeness (QED) is 0.610. The summed E-state index contributed by atoms with van der Waals surface area (Å²) in [4.78, 5) is 15.5. The SMILES string of the molecule is C[C@@H](c1ccc(B2OC(C)(C)C(C)(C)O2)cc1)N1CCC(CC(C)(C)O)(c2ccccc2)CC1=O. The highest BCUT2D eigenvalue weighted by molar-refractivity contribution is 6.62. The molecule has 6 heteroatoms. The number of carbonyl (C=O) groups is 1. The molecule has 2 aliphatic heterocycles. The van der Waals surface area contributed by atoms with Gasteiger partial charge in [0.25, 0.3) is 0 Å². The van der Waals surface area contributed by atoms with Gasteiger partial charge in [-0.2, -0.15) is 0 Å². The van der Waals surface area contributed by atoms with Crippen LogP contribution < -0.4 is 5.46 Å². The molecular weight excluding hydrogens is 437 g/mol. The lowest BCUT2D eigenvalue weighted by Gasteiger charge is -2.46. The van der Waals surface area contributed by atoms with E-state index < -0.39 is 12.7 Å². The molecule has 188 valence electrons. The number of benzene rings is 2. The van der Waals surface area contributed by atoms with E-state index >= 15 is 0 Å². The van der Waals surface area contributed by atoms with Gasteiger partial charge in [0, 0.05) is 18.4 Å². The Kier molecular flexibility index (Phi) is 6.71. The summed E-state index contributed by atoms with van der Waals surface area (Å²) in [5, 5.41) is 10.7. The number of nitrogens with zero attached hydrogens (tertiary/aromatic N) is 1. The highest BCUT2D eigenvalue weighted by Crippen LogP contribution is 2.44. The Labute approximate surface area is 211 Å². The number of piperidine rings is 1. The molecule has 0 spiro atoms. The van der Waals surface area contributed by atoms with Crippen LogP contribution in [0, 0.1) is 0 Å². The number of likely N-dealkylation sites (tertiary alicyclic amines) is 1. The van der Waals surface area contributed by atoms with Gasteiger partial charge >= 0.3 is 7.12 Å². The fraction of sp³-hybridized carbons (Fsp3) is 0.552. The fourth-order valence-corrected chi connectivity index (χ4v) is 5.56. The molecule has 2 saturated heterocycles. The van der Waals surface area contributed by atoms with E-state index in [9.17, 15) is 9.90 Å². The molecule has 0 aliphatic carbocycles. The number of amides is 1. The molecule has 1 amide bonds. The summed E-state index contributed by atoms with van der Waals surface area (Å²) in [5.41, 5.74) is 1.25. The van der Waals surface area contributed by atoms with Crippen molar-refractivity contribution in [1.82, 2.24) is 4.90 Å². The first-order chi connectivity index (χ1) is 16.2. The molecule has 2 aromatic carbocycles. The number of hydrogen-bond donors (Lipinski definition) is 1. The van der Waals surface area contributed by atoms with Crippen LogP contribution in [0.25, 0.3) is 0 Å². The molecular formula is C29H40BNO4. The van der Waals surface area contributed by atoms with Crippen LogP contribution in [0.2, 0.25) is 0 Å². The lowest BCUT2D eigenvalue weighted by Crippen LogP contribution is -2.49. The van der Waals surface area contributed by atoms with Crippen molar-refractivity contribution in [3.8, 4) is 0 Å². The van der Waals surface area contributed by atoms with Crippen molar-refractivity contribution < 1.29 is 19.2 Å². The van der Waals surface area contributed by atoms with E-state index in [-0.39, 0.29) is 28.6 Å². The Balaban J connectivity index is 1.49. The molecule has 2 atom stereocenters. The fourth-order valence-electron chi connectivity index (χ4n) is 5.56. The standard InChI is InChI=1S/C29H40BNO4/c1-21(22-13-15-24(16-14-22)30-34-27(4,5)28(6,7)35-30)31-18-17-29(19-25(31)32,20-26(2,3)33)23-11-9-8-10-12-23/h8-16,21,33H,17-20H2,1-7H3/t21-,29?/m0/s1.